The Morgan fingerprint density at radius 1 is 0.875 bits per heavy atom. The van der Waals surface area contributed by atoms with Crippen molar-refractivity contribution in [3.8, 4) is 5.75 Å². The number of piperazine rings is 1. The highest BCUT2D eigenvalue weighted by Crippen LogP contribution is 2.23. The number of phenolic OH excluding ortho intramolecular Hbond substituents is 1. The maximum atomic E-state index is 13.1. The first kappa shape index (κ1) is 21.8. The molecule has 32 heavy (non-hydrogen) atoms. The van der Waals surface area contributed by atoms with Crippen LogP contribution in [0.1, 0.15) is 30.0 Å². The van der Waals surface area contributed by atoms with Crippen LogP contribution < -0.4 is 10.2 Å². The van der Waals surface area contributed by atoms with Gasteiger partial charge in [-0.05, 0) is 42.5 Å². The normalized spacial score (nSPS) is 14.8. The summed E-state index contributed by atoms with van der Waals surface area (Å²) in [7, 11) is 0. The van der Waals surface area contributed by atoms with Gasteiger partial charge in [0, 0.05) is 37.9 Å². The molecule has 0 saturated carbocycles. The van der Waals surface area contributed by atoms with Crippen molar-refractivity contribution in [2.75, 3.05) is 31.1 Å². The highest BCUT2D eigenvalue weighted by Gasteiger charge is 2.24. The molecule has 5 heteroatoms. The second-order valence-corrected chi connectivity index (χ2v) is 8.28. The largest absolute Gasteiger partial charge is 0.508 e. The van der Waals surface area contributed by atoms with E-state index in [2.05, 4.69) is 46.6 Å². The molecule has 4 rings (SSSR count). The van der Waals surface area contributed by atoms with Gasteiger partial charge in [0.05, 0.1) is 6.04 Å². The summed E-state index contributed by atoms with van der Waals surface area (Å²) in [6.07, 6.45) is 2.91. The highest BCUT2D eigenvalue weighted by atomic mass is 16.3. The van der Waals surface area contributed by atoms with E-state index in [1.165, 1.54) is 5.56 Å². The number of nitrogens with one attached hydrogen (secondary N) is 1. The zero-order valence-corrected chi connectivity index (χ0v) is 18.4. The molecule has 2 amide bonds. The SMILES string of the molecule is O=C(NC(CCCc1ccccc1)c1ccccc1)N1CCN(c2cccc(O)c2)CC1. The van der Waals surface area contributed by atoms with Crippen molar-refractivity contribution in [1.29, 1.82) is 0 Å². The van der Waals surface area contributed by atoms with Crippen LogP contribution in [-0.4, -0.2) is 42.2 Å². The van der Waals surface area contributed by atoms with Gasteiger partial charge in [0.25, 0.3) is 0 Å². The van der Waals surface area contributed by atoms with Crippen molar-refractivity contribution in [2.24, 2.45) is 0 Å². The molecule has 3 aromatic carbocycles. The van der Waals surface area contributed by atoms with Crippen LogP contribution in [0.15, 0.2) is 84.9 Å². The zero-order chi connectivity index (χ0) is 22.2. The molecule has 0 aliphatic carbocycles. The number of hydrogen-bond acceptors (Lipinski definition) is 3. The van der Waals surface area contributed by atoms with Crippen molar-refractivity contribution in [2.45, 2.75) is 25.3 Å². The van der Waals surface area contributed by atoms with Crippen molar-refractivity contribution in [1.82, 2.24) is 10.2 Å². The van der Waals surface area contributed by atoms with Gasteiger partial charge in [0.1, 0.15) is 5.75 Å². The van der Waals surface area contributed by atoms with Gasteiger partial charge in [-0.2, -0.15) is 0 Å². The summed E-state index contributed by atoms with van der Waals surface area (Å²) >= 11 is 0. The molecule has 0 radical (unpaired) electrons. The van der Waals surface area contributed by atoms with Crippen molar-refractivity contribution in [3.05, 3.63) is 96.1 Å². The Balaban J connectivity index is 1.34. The third-order valence-corrected chi connectivity index (χ3v) is 6.06. The Kier molecular flexibility index (Phi) is 7.28. The summed E-state index contributed by atoms with van der Waals surface area (Å²) in [6.45, 7) is 2.82. The zero-order valence-electron chi connectivity index (χ0n) is 18.4. The lowest BCUT2D eigenvalue weighted by Crippen LogP contribution is -2.52. The van der Waals surface area contributed by atoms with Crippen molar-refractivity contribution < 1.29 is 9.90 Å². The molecular formula is C27H31N3O2. The lowest BCUT2D eigenvalue weighted by molar-refractivity contribution is 0.189. The van der Waals surface area contributed by atoms with Crippen LogP contribution in [0.25, 0.3) is 0 Å². The average Bonchev–Trinajstić information content (AvgIpc) is 2.85. The number of amides is 2. The van der Waals surface area contributed by atoms with E-state index in [-0.39, 0.29) is 17.8 Å². The first-order chi connectivity index (χ1) is 15.7. The minimum Gasteiger partial charge on any atom is -0.508 e. The number of phenols is 1. The molecule has 5 nitrogen and oxygen atoms in total. The lowest BCUT2D eigenvalue weighted by atomic mass is 9.99. The molecule has 1 unspecified atom stereocenters. The maximum absolute atomic E-state index is 13.1. The second-order valence-electron chi connectivity index (χ2n) is 8.28. The summed E-state index contributed by atoms with van der Waals surface area (Å²) in [5.41, 5.74) is 3.47. The fourth-order valence-electron chi connectivity index (χ4n) is 4.26. The van der Waals surface area contributed by atoms with Gasteiger partial charge in [0.2, 0.25) is 0 Å². The van der Waals surface area contributed by atoms with Crippen LogP contribution in [0.5, 0.6) is 5.75 Å². The molecule has 3 aromatic rings. The number of urea groups is 1. The van der Waals surface area contributed by atoms with E-state index < -0.39 is 0 Å². The number of rotatable bonds is 7. The lowest BCUT2D eigenvalue weighted by Gasteiger charge is -2.37. The summed E-state index contributed by atoms with van der Waals surface area (Å²) in [5, 5.41) is 13.0. The summed E-state index contributed by atoms with van der Waals surface area (Å²) < 4.78 is 0. The molecule has 0 bridgehead atoms. The minimum atomic E-state index is -0.00544. The van der Waals surface area contributed by atoms with Gasteiger partial charge in [0.15, 0.2) is 0 Å². The van der Waals surface area contributed by atoms with E-state index >= 15 is 0 Å². The molecular weight excluding hydrogens is 398 g/mol. The van der Waals surface area contributed by atoms with Crippen LogP contribution in [0.3, 0.4) is 0 Å². The standard InChI is InChI=1S/C27H31N3O2/c31-25-15-8-14-24(21-25)29-17-19-30(20-18-29)27(32)28-26(23-12-5-2-6-13-23)16-7-11-22-9-3-1-4-10-22/h1-6,8-10,12-15,21,26,31H,7,11,16-20H2,(H,28,32). The van der Waals surface area contributed by atoms with Gasteiger partial charge < -0.3 is 20.2 Å². The van der Waals surface area contributed by atoms with Crippen LogP contribution >= 0.6 is 0 Å². The van der Waals surface area contributed by atoms with Crippen LogP contribution in [0.4, 0.5) is 10.5 Å². The van der Waals surface area contributed by atoms with Crippen molar-refractivity contribution in [3.63, 3.8) is 0 Å². The highest BCUT2D eigenvalue weighted by molar-refractivity contribution is 5.75. The molecule has 1 saturated heterocycles. The Morgan fingerprint density at radius 3 is 2.25 bits per heavy atom. The third kappa shape index (κ3) is 5.82. The predicted molar refractivity (Wildman–Crippen MR) is 129 cm³/mol. The summed E-state index contributed by atoms with van der Waals surface area (Å²) in [5.74, 6) is 0.267. The van der Waals surface area contributed by atoms with E-state index in [9.17, 15) is 9.90 Å². The predicted octanol–water partition coefficient (Wildman–Crippen LogP) is 4.99. The van der Waals surface area contributed by atoms with Gasteiger partial charge in [-0.3, -0.25) is 0 Å². The number of hydrogen-bond donors (Lipinski definition) is 2. The van der Waals surface area contributed by atoms with Gasteiger partial charge >= 0.3 is 6.03 Å². The van der Waals surface area contributed by atoms with E-state index in [0.29, 0.717) is 13.1 Å². The van der Waals surface area contributed by atoms with Gasteiger partial charge in [-0.25, -0.2) is 4.79 Å². The molecule has 0 aromatic heterocycles. The van der Waals surface area contributed by atoms with Crippen LogP contribution in [-0.2, 0) is 6.42 Å². The van der Waals surface area contributed by atoms with E-state index in [0.717, 1.165) is 43.6 Å². The van der Waals surface area contributed by atoms with Crippen molar-refractivity contribution >= 4 is 11.7 Å². The van der Waals surface area contributed by atoms with E-state index in [1.807, 2.05) is 41.3 Å². The van der Waals surface area contributed by atoms with Crippen LogP contribution in [0.2, 0.25) is 0 Å². The Labute approximate surface area is 190 Å². The molecule has 1 aliphatic heterocycles. The molecule has 1 aliphatic rings. The Morgan fingerprint density at radius 2 is 1.56 bits per heavy atom. The Bertz CT molecular complexity index is 986. The quantitative estimate of drug-likeness (QED) is 0.556. The monoisotopic (exact) mass is 429 g/mol. The number of anilines is 1. The molecule has 1 heterocycles. The first-order valence-electron chi connectivity index (χ1n) is 11.4. The minimum absolute atomic E-state index is 0.00323. The maximum Gasteiger partial charge on any atom is 0.318 e. The molecule has 0 spiro atoms. The second kappa shape index (κ2) is 10.7. The van der Waals surface area contributed by atoms with E-state index in [4.69, 9.17) is 0 Å². The molecule has 1 atom stereocenters. The summed E-state index contributed by atoms with van der Waals surface area (Å²) in [6, 6.07) is 28.0. The smallest absolute Gasteiger partial charge is 0.318 e. The fraction of sp³-hybridized carbons (Fsp3) is 0.296. The molecule has 166 valence electrons. The first-order valence-corrected chi connectivity index (χ1v) is 11.4. The number of aromatic hydroxyl groups is 1. The van der Waals surface area contributed by atoms with Gasteiger partial charge in [-0.1, -0.05) is 66.7 Å². The summed E-state index contributed by atoms with van der Waals surface area (Å²) in [4.78, 5) is 17.2. The topological polar surface area (TPSA) is 55.8 Å². The number of carbonyl (C=O) groups excluding carboxylic acids is 1. The molecule has 1 fully saturated rings. The van der Waals surface area contributed by atoms with Crippen LogP contribution in [0, 0.1) is 0 Å². The third-order valence-electron chi connectivity index (χ3n) is 6.06. The number of nitrogens with zero attached hydrogens (tertiary/aromatic N) is 2. The van der Waals surface area contributed by atoms with Gasteiger partial charge in [-0.15, -0.1) is 0 Å². The van der Waals surface area contributed by atoms with E-state index in [1.54, 1.807) is 12.1 Å². The number of carbonyl (C=O) groups is 1. The average molecular weight is 430 g/mol. The molecule has 2 N–H and O–H groups in total. The fourth-order valence-corrected chi connectivity index (χ4v) is 4.26. The number of aryl methyl sites for hydroxylation is 1. The Hall–Kier alpha value is -3.47. The number of benzene rings is 3.